The van der Waals surface area contributed by atoms with E-state index in [0.717, 1.165) is 0 Å². The Bertz CT molecular complexity index is 594. The van der Waals surface area contributed by atoms with Gasteiger partial charge in [0.15, 0.2) is 11.0 Å². The van der Waals surface area contributed by atoms with E-state index < -0.39 is 5.91 Å². The summed E-state index contributed by atoms with van der Waals surface area (Å²) in [7, 11) is 0. The number of nitrogens with one attached hydrogen (secondary N) is 2. The molecule has 0 aromatic carbocycles. The minimum Gasteiger partial charge on any atom is -0.329 e. The van der Waals surface area contributed by atoms with Crippen LogP contribution in [0.5, 0.6) is 0 Å². The summed E-state index contributed by atoms with van der Waals surface area (Å²) in [5.41, 5.74) is -0.106. The van der Waals surface area contributed by atoms with Crippen LogP contribution in [-0.2, 0) is 0 Å². The first-order chi connectivity index (χ1) is 8.15. The van der Waals surface area contributed by atoms with Crippen LogP contribution in [0.15, 0.2) is 35.3 Å². The quantitative estimate of drug-likeness (QED) is 0.835. The molecule has 0 bridgehead atoms. The molecule has 0 aliphatic heterocycles. The molecule has 0 aliphatic rings. The predicted molar refractivity (Wildman–Crippen MR) is 62.1 cm³/mol. The Kier molecular flexibility index (Phi) is 3.15. The first kappa shape index (κ1) is 11.3. The van der Waals surface area contributed by atoms with Gasteiger partial charge in [-0.1, -0.05) is 11.6 Å². The molecular weight excluding hydrogens is 244 g/mol. The molecule has 0 fully saturated rings. The minimum absolute atomic E-state index is 0.235. The molecule has 6 nitrogen and oxygen atoms in total. The van der Waals surface area contributed by atoms with Crippen LogP contribution in [0.2, 0.25) is 5.15 Å². The lowest BCUT2D eigenvalue weighted by Crippen LogP contribution is -2.16. The molecule has 0 atom stereocenters. The number of anilines is 1. The van der Waals surface area contributed by atoms with Gasteiger partial charge in [0.25, 0.3) is 5.91 Å². The summed E-state index contributed by atoms with van der Waals surface area (Å²) in [5, 5.41) is 9.97. The van der Waals surface area contributed by atoms with E-state index in [-0.39, 0.29) is 22.1 Å². The number of hydrogen-bond donors (Lipinski definition) is 2. The molecule has 0 saturated heterocycles. The van der Waals surface area contributed by atoms with Crippen molar-refractivity contribution < 1.29 is 4.79 Å². The van der Waals surface area contributed by atoms with Gasteiger partial charge in [0.2, 0.25) is 5.56 Å². The molecule has 86 valence electrons. The number of aromatic amines is 1. The van der Waals surface area contributed by atoms with Crippen LogP contribution >= 0.6 is 11.6 Å². The highest BCUT2D eigenvalue weighted by molar-refractivity contribution is 6.29. The van der Waals surface area contributed by atoms with Crippen molar-refractivity contribution in [3.63, 3.8) is 0 Å². The van der Waals surface area contributed by atoms with Gasteiger partial charge in [-0.3, -0.25) is 9.59 Å². The van der Waals surface area contributed by atoms with Gasteiger partial charge in [-0.2, -0.15) is 0 Å². The molecule has 1 amide bonds. The monoisotopic (exact) mass is 250 g/mol. The molecule has 0 spiro atoms. The smallest absolute Gasteiger partial charge is 0.257 e. The Labute approximate surface area is 101 Å². The van der Waals surface area contributed by atoms with Crippen LogP contribution in [0, 0.1) is 0 Å². The highest BCUT2D eigenvalue weighted by atomic mass is 35.5. The van der Waals surface area contributed by atoms with Crippen molar-refractivity contribution in [2.24, 2.45) is 0 Å². The fourth-order valence-electron chi connectivity index (χ4n) is 1.16. The average molecular weight is 251 g/mol. The SMILES string of the molecule is O=C(Nc1ccc(Cl)nn1)c1cc[nH]c(=O)c1. The van der Waals surface area contributed by atoms with Crippen molar-refractivity contribution in [2.75, 3.05) is 5.32 Å². The molecule has 2 rings (SSSR count). The van der Waals surface area contributed by atoms with Gasteiger partial charge in [-0.15, -0.1) is 10.2 Å². The Morgan fingerprint density at radius 1 is 1.29 bits per heavy atom. The second-order valence-corrected chi connectivity index (χ2v) is 3.52. The maximum absolute atomic E-state index is 11.7. The molecule has 2 aromatic heterocycles. The van der Waals surface area contributed by atoms with E-state index in [9.17, 15) is 9.59 Å². The van der Waals surface area contributed by atoms with E-state index in [0.29, 0.717) is 0 Å². The normalized spacial score (nSPS) is 9.94. The maximum atomic E-state index is 11.7. The van der Waals surface area contributed by atoms with Crippen molar-refractivity contribution in [1.29, 1.82) is 0 Å². The van der Waals surface area contributed by atoms with Gasteiger partial charge in [0.1, 0.15) is 0 Å². The highest BCUT2D eigenvalue weighted by Gasteiger charge is 2.07. The fourth-order valence-corrected chi connectivity index (χ4v) is 1.26. The van der Waals surface area contributed by atoms with Crippen LogP contribution in [0.25, 0.3) is 0 Å². The molecule has 2 N–H and O–H groups in total. The molecule has 0 aliphatic carbocycles. The predicted octanol–water partition coefficient (Wildman–Crippen LogP) is 1.07. The first-order valence-electron chi connectivity index (χ1n) is 4.64. The van der Waals surface area contributed by atoms with Gasteiger partial charge in [0.05, 0.1) is 0 Å². The summed E-state index contributed by atoms with van der Waals surface area (Å²) in [4.78, 5) is 25.1. The summed E-state index contributed by atoms with van der Waals surface area (Å²) in [5.74, 6) is -0.174. The number of H-pyrrole nitrogens is 1. The lowest BCUT2D eigenvalue weighted by atomic mass is 10.2. The number of rotatable bonds is 2. The number of carbonyl (C=O) groups excluding carboxylic acids is 1. The van der Waals surface area contributed by atoms with Gasteiger partial charge < -0.3 is 10.3 Å². The lowest BCUT2D eigenvalue weighted by Gasteiger charge is -2.02. The zero-order valence-electron chi connectivity index (χ0n) is 8.48. The second kappa shape index (κ2) is 4.75. The number of hydrogen-bond acceptors (Lipinski definition) is 4. The van der Waals surface area contributed by atoms with E-state index in [1.165, 1.54) is 30.5 Å². The van der Waals surface area contributed by atoms with Crippen molar-refractivity contribution in [1.82, 2.24) is 15.2 Å². The molecule has 2 heterocycles. The van der Waals surface area contributed by atoms with E-state index >= 15 is 0 Å². The Balaban J connectivity index is 2.17. The Morgan fingerprint density at radius 3 is 2.76 bits per heavy atom. The van der Waals surface area contributed by atoms with Crippen LogP contribution in [0.3, 0.4) is 0 Å². The number of amides is 1. The summed E-state index contributed by atoms with van der Waals surface area (Å²) in [6, 6.07) is 5.70. The van der Waals surface area contributed by atoms with Crippen LogP contribution in [-0.4, -0.2) is 21.1 Å². The third-order valence-electron chi connectivity index (χ3n) is 1.91. The van der Waals surface area contributed by atoms with E-state index in [4.69, 9.17) is 11.6 Å². The molecule has 0 saturated carbocycles. The molecule has 7 heteroatoms. The lowest BCUT2D eigenvalue weighted by molar-refractivity contribution is 0.102. The van der Waals surface area contributed by atoms with Gasteiger partial charge in [-0.25, -0.2) is 0 Å². The fraction of sp³-hybridized carbons (Fsp3) is 0. The van der Waals surface area contributed by atoms with E-state index in [2.05, 4.69) is 20.5 Å². The number of pyridine rings is 1. The van der Waals surface area contributed by atoms with Gasteiger partial charge >= 0.3 is 0 Å². The summed E-state index contributed by atoms with van der Waals surface area (Å²) < 4.78 is 0. The standard InChI is InChI=1S/C10H7ClN4O2/c11-7-1-2-8(15-14-7)13-10(17)6-3-4-12-9(16)5-6/h1-5H,(H,12,16)(H,13,15,17). The van der Waals surface area contributed by atoms with Gasteiger partial charge in [0, 0.05) is 17.8 Å². The van der Waals surface area contributed by atoms with Crippen molar-refractivity contribution in [3.05, 3.63) is 51.5 Å². The third kappa shape index (κ3) is 2.88. The summed E-state index contributed by atoms with van der Waals surface area (Å²) in [6.07, 6.45) is 1.39. The topological polar surface area (TPSA) is 87.7 Å². The molecular formula is C10H7ClN4O2. The summed E-state index contributed by atoms with van der Waals surface area (Å²) >= 11 is 5.55. The van der Waals surface area contributed by atoms with Crippen LogP contribution in [0.4, 0.5) is 5.82 Å². The molecule has 2 aromatic rings. The second-order valence-electron chi connectivity index (χ2n) is 3.14. The Morgan fingerprint density at radius 2 is 2.12 bits per heavy atom. The van der Waals surface area contributed by atoms with Gasteiger partial charge in [-0.05, 0) is 18.2 Å². The van der Waals surface area contributed by atoms with Crippen molar-refractivity contribution in [3.8, 4) is 0 Å². The third-order valence-corrected chi connectivity index (χ3v) is 2.11. The number of nitrogens with zero attached hydrogens (tertiary/aromatic N) is 2. The molecule has 0 unspecified atom stereocenters. The highest BCUT2D eigenvalue weighted by Crippen LogP contribution is 2.07. The van der Waals surface area contributed by atoms with Crippen molar-refractivity contribution in [2.45, 2.75) is 0 Å². The molecule has 0 radical (unpaired) electrons. The number of aromatic nitrogens is 3. The summed E-state index contributed by atoms with van der Waals surface area (Å²) in [6.45, 7) is 0. The average Bonchev–Trinajstić information content (AvgIpc) is 2.32. The van der Waals surface area contributed by atoms with E-state index in [1.807, 2.05) is 0 Å². The Hall–Kier alpha value is -2.21. The largest absolute Gasteiger partial charge is 0.329 e. The number of halogens is 1. The maximum Gasteiger partial charge on any atom is 0.257 e. The van der Waals surface area contributed by atoms with Crippen LogP contribution in [0.1, 0.15) is 10.4 Å². The zero-order valence-corrected chi connectivity index (χ0v) is 9.23. The first-order valence-corrected chi connectivity index (χ1v) is 5.02. The number of carbonyl (C=O) groups is 1. The minimum atomic E-state index is -0.437. The van der Waals surface area contributed by atoms with Crippen LogP contribution < -0.4 is 10.9 Å². The zero-order chi connectivity index (χ0) is 12.3. The van der Waals surface area contributed by atoms with E-state index in [1.54, 1.807) is 0 Å². The molecule has 17 heavy (non-hydrogen) atoms. The van der Waals surface area contributed by atoms with Crippen molar-refractivity contribution >= 4 is 23.3 Å².